The number of carboxylic acid groups (broad SMARTS) is 1. The lowest BCUT2D eigenvalue weighted by Gasteiger charge is -2.14. The second-order valence-electron chi connectivity index (χ2n) is 3.65. The smallest absolute Gasteiger partial charge is 0.315 e. The van der Waals surface area contributed by atoms with Gasteiger partial charge in [-0.25, -0.2) is 4.79 Å². The number of rotatable bonds is 7. The van der Waals surface area contributed by atoms with E-state index < -0.39 is 12.1 Å². The maximum absolute atomic E-state index is 11.4. The van der Waals surface area contributed by atoms with Gasteiger partial charge in [0.05, 0.1) is 12.5 Å². The minimum absolute atomic E-state index is 0.138. The third-order valence-electron chi connectivity index (χ3n) is 2.26. The summed E-state index contributed by atoms with van der Waals surface area (Å²) in [4.78, 5) is 21.9. The van der Waals surface area contributed by atoms with E-state index in [4.69, 9.17) is 9.84 Å². The van der Waals surface area contributed by atoms with Crippen molar-refractivity contribution in [3.8, 4) is 0 Å². The minimum atomic E-state index is -0.956. The predicted octanol–water partition coefficient (Wildman–Crippen LogP) is 1.04. The van der Waals surface area contributed by atoms with Crippen molar-refractivity contribution in [2.45, 2.75) is 19.1 Å². The second kappa shape index (κ2) is 7.67. The highest BCUT2D eigenvalue weighted by molar-refractivity contribution is 7.07. The Hall–Kier alpha value is -1.60. The van der Waals surface area contributed by atoms with Gasteiger partial charge in [-0.05, 0) is 22.4 Å². The molecule has 1 rings (SSSR count). The number of urea groups is 1. The Labute approximate surface area is 109 Å². The van der Waals surface area contributed by atoms with Gasteiger partial charge in [-0.1, -0.05) is 0 Å². The van der Waals surface area contributed by atoms with Crippen molar-refractivity contribution in [2.75, 3.05) is 13.7 Å². The molecule has 0 aliphatic carbocycles. The van der Waals surface area contributed by atoms with Gasteiger partial charge in [0.15, 0.2) is 0 Å². The standard InChI is InChI=1S/C11H16N2O4S/c1-17-9(4-10(14)15)6-13-11(16)12-5-8-2-3-18-7-8/h2-3,7,9H,4-6H2,1H3,(H,14,15)(H2,12,13,16). The highest BCUT2D eigenvalue weighted by atomic mass is 32.1. The molecule has 0 aromatic carbocycles. The molecule has 3 N–H and O–H groups in total. The normalized spacial score (nSPS) is 11.8. The predicted molar refractivity (Wildman–Crippen MR) is 67.6 cm³/mol. The number of aliphatic carboxylic acids is 1. The number of carboxylic acids is 1. The van der Waals surface area contributed by atoms with E-state index in [-0.39, 0.29) is 19.0 Å². The number of nitrogens with one attached hydrogen (secondary N) is 2. The van der Waals surface area contributed by atoms with E-state index in [0.29, 0.717) is 6.54 Å². The highest BCUT2D eigenvalue weighted by Crippen LogP contribution is 2.04. The number of hydrogen-bond donors (Lipinski definition) is 3. The van der Waals surface area contributed by atoms with E-state index >= 15 is 0 Å². The summed E-state index contributed by atoms with van der Waals surface area (Å²) in [7, 11) is 1.42. The van der Waals surface area contributed by atoms with Gasteiger partial charge in [0, 0.05) is 20.2 Å². The molecular weight excluding hydrogens is 256 g/mol. The van der Waals surface area contributed by atoms with Gasteiger partial charge in [-0.2, -0.15) is 11.3 Å². The Morgan fingerprint density at radius 2 is 2.28 bits per heavy atom. The van der Waals surface area contributed by atoms with E-state index in [1.165, 1.54) is 7.11 Å². The van der Waals surface area contributed by atoms with Crippen LogP contribution in [0, 0.1) is 0 Å². The average molecular weight is 272 g/mol. The molecule has 18 heavy (non-hydrogen) atoms. The van der Waals surface area contributed by atoms with Gasteiger partial charge in [-0.15, -0.1) is 0 Å². The molecule has 0 saturated carbocycles. The lowest BCUT2D eigenvalue weighted by Crippen LogP contribution is -2.40. The summed E-state index contributed by atoms with van der Waals surface area (Å²) in [6, 6.07) is 1.58. The largest absolute Gasteiger partial charge is 0.481 e. The van der Waals surface area contributed by atoms with Crippen LogP contribution in [0.4, 0.5) is 4.79 Å². The fourth-order valence-electron chi connectivity index (χ4n) is 1.28. The number of methoxy groups -OCH3 is 1. The molecule has 1 atom stereocenters. The minimum Gasteiger partial charge on any atom is -0.481 e. The number of thiophene rings is 1. The first kappa shape index (κ1) is 14.5. The monoisotopic (exact) mass is 272 g/mol. The molecule has 0 saturated heterocycles. The molecule has 0 spiro atoms. The molecule has 2 amide bonds. The number of ether oxygens (including phenoxy) is 1. The summed E-state index contributed by atoms with van der Waals surface area (Å²) in [6.45, 7) is 0.615. The van der Waals surface area contributed by atoms with Crippen molar-refractivity contribution in [3.05, 3.63) is 22.4 Å². The summed E-state index contributed by atoms with van der Waals surface area (Å²) in [5.41, 5.74) is 1.03. The van der Waals surface area contributed by atoms with Crippen molar-refractivity contribution in [2.24, 2.45) is 0 Å². The van der Waals surface area contributed by atoms with Crippen molar-refractivity contribution in [1.82, 2.24) is 10.6 Å². The van der Waals surface area contributed by atoms with Crippen LogP contribution in [0.3, 0.4) is 0 Å². The van der Waals surface area contributed by atoms with Gasteiger partial charge in [0.1, 0.15) is 0 Å². The molecular formula is C11H16N2O4S. The Morgan fingerprint density at radius 3 is 2.83 bits per heavy atom. The first-order chi connectivity index (χ1) is 8.61. The van der Waals surface area contributed by atoms with Crippen molar-refractivity contribution in [3.63, 3.8) is 0 Å². The second-order valence-corrected chi connectivity index (χ2v) is 4.43. The Bertz CT molecular complexity index is 380. The van der Waals surface area contributed by atoms with Crippen LogP contribution in [0.5, 0.6) is 0 Å². The molecule has 0 fully saturated rings. The zero-order valence-electron chi connectivity index (χ0n) is 10.0. The van der Waals surface area contributed by atoms with E-state index in [0.717, 1.165) is 5.56 Å². The van der Waals surface area contributed by atoms with E-state index in [9.17, 15) is 9.59 Å². The first-order valence-electron chi connectivity index (χ1n) is 5.39. The SMILES string of the molecule is COC(CNC(=O)NCc1ccsc1)CC(=O)O. The molecule has 0 aliphatic heterocycles. The topological polar surface area (TPSA) is 87.7 Å². The van der Waals surface area contributed by atoms with E-state index in [1.54, 1.807) is 11.3 Å². The molecule has 6 nitrogen and oxygen atoms in total. The van der Waals surface area contributed by atoms with E-state index in [1.807, 2.05) is 16.8 Å². The van der Waals surface area contributed by atoms with Crippen LogP contribution in [-0.2, 0) is 16.1 Å². The summed E-state index contributed by atoms with van der Waals surface area (Å²) in [5, 5.41) is 17.7. The fraction of sp³-hybridized carbons (Fsp3) is 0.455. The lowest BCUT2D eigenvalue weighted by molar-refractivity contribution is -0.139. The van der Waals surface area contributed by atoms with Gasteiger partial charge in [-0.3, -0.25) is 4.79 Å². The Kier molecular flexibility index (Phi) is 6.16. The average Bonchev–Trinajstić information content (AvgIpc) is 2.84. The molecule has 1 aromatic rings. The molecule has 0 radical (unpaired) electrons. The van der Waals surface area contributed by atoms with Gasteiger partial charge in [0.25, 0.3) is 0 Å². The number of carbonyl (C=O) groups excluding carboxylic acids is 1. The van der Waals surface area contributed by atoms with Crippen LogP contribution in [0.1, 0.15) is 12.0 Å². The Balaban J connectivity index is 2.21. The molecule has 100 valence electrons. The van der Waals surface area contributed by atoms with Crippen LogP contribution in [0.25, 0.3) is 0 Å². The molecule has 0 aliphatic rings. The molecule has 1 aromatic heterocycles. The number of amides is 2. The number of hydrogen-bond acceptors (Lipinski definition) is 4. The van der Waals surface area contributed by atoms with Crippen LogP contribution in [0.15, 0.2) is 16.8 Å². The third kappa shape index (κ3) is 5.65. The summed E-state index contributed by atoms with van der Waals surface area (Å²) in [5.74, 6) is -0.956. The number of carbonyl (C=O) groups is 2. The van der Waals surface area contributed by atoms with Crippen molar-refractivity contribution >= 4 is 23.3 Å². The maximum atomic E-state index is 11.4. The van der Waals surface area contributed by atoms with Crippen molar-refractivity contribution < 1.29 is 19.4 Å². The summed E-state index contributed by atoms with van der Waals surface area (Å²) < 4.78 is 4.94. The summed E-state index contributed by atoms with van der Waals surface area (Å²) >= 11 is 1.56. The van der Waals surface area contributed by atoms with E-state index in [2.05, 4.69) is 10.6 Å². The molecule has 1 heterocycles. The lowest BCUT2D eigenvalue weighted by atomic mass is 10.2. The van der Waals surface area contributed by atoms with Crippen LogP contribution < -0.4 is 10.6 Å². The van der Waals surface area contributed by atoms with Crippen LogP contribution in [0.2, 0.25) is 0 Å². The van der Waals surface area contributed by atoms with Gasteiger partial charge in [0.2, 0.25) is 0 Å². The summed E-state index contributed by atoms with van der Waals surface area (Å²) in [6.07, 6.45) is -0.657. The highest BCUT2D eigenvalue weighted by Gasteiger charge is 2.13. The maximum Gasteiger partial charge on any atom is 0.315 e. The first-order valence-corrected chi connectivity index (χ1v) is 6.33. The Morgan fingerprint density at radius 1 is 1.50 bits per heavy atom. The molecule has 7 heteroatoms. The van der Waals surface area contributed by atoms with Gasteiger partial charge >= 0.3 is 12.0 Å². The fourth-order valence-corrected chi connectivity index (χ4v) is 1.95. The van der Waals surface area contributed by atoms with Gasteiger partial charge < -0.3 is 20.5 Å². The van der Waals surface area contributed by atoms with Crippen LogP contribution in [-0.4, -0.2) is 36.9 Å². The molecule has 1 unspecified atom stereocenters. The van der Waals surface area contributed by atoms with Crippen LogP contribution >= 0.6 is 11.3 Å². The quantitative estimate of drug-likeness (QED) is 0.692. The zero-order chi connectivity index (χ0) is 13.4. The zero-order valence-corrected chi connectivity index (χ0v) is 10.8. The molecule has 0 bridgehead atoms. The third-order valence-corrected chi connectivity index (χ3v) is 2.99. The van der Waals surface area contributed by atoms with Crippen molar-refractivity contribution in [1.29, 1.82) is 0 Å².